The van der Waals surface area contributed by atoms with Crippen molar-refractivity contribution in [3.63, 3.8) is 0 Å². The highest BCUT2D eigenvalue weighted by molar-refractivity contribution is 8.16. The number of fused-ring (bicyclic) bond motifs is 1. The Balaban J connectivity index is 1.61. The van der Waals surface area contributed by atoms with Crippen molar-refractivity contribution in [3.8, 4) is 5.75 Å². The molecule has 0 unspecified atom stereocenters. The first kappa shape index (κ1) is 25.8. The van der Waals surface area contributed by atoms with E-state index in [0.717, 1.165) is 17.7 Å². The zero-order valence-corrected chi connectivity index (χ0v) is 21.8. The number of rotatable bonds is 7. The van der Waals surface area contributed by atoms with Crippen LogP contribution in [0.25, 0.3) is 0 Å². The Morgan fingerprint density at radius 2 is 2.03 bits per heavy atom. The molecule has 1 fully saturated rings. The molecule has 1 aromatic rings. The average Bonchev–Trinajstić information content (AvgIpc) is 3.29. The second-order valence-electron chi connectivity index (χ2n) is 8.77. The maximum absolute atomic E-state index is 13.4. The quantitative estimate of drug-likeness (QED) is 0.510. The lowest BCUT2D eigenvalue weighted by atomic mass is 9.93. The molecule has 4 rings (SSSR count). The van der Waals surface area contributed by atoms with Gasteiger partial charge < -0.3 is 24.0 Å². The van der Waals surface area contributed by atoms with E-state index in [1.807, 2.05) is 34.6 Å². The van der Waals surface area contributed by atoms with E-state index in [-0.39, 0.29) is 24.2 Å². The van der Waals surface area contributed by atoms with Crippen LogP contribution in [-0.2, 0) is 23.9 Å². The van der Waals surface area contributed by atoms with E-state index < -0.39 is 12.0 Å². The molecule has 2 atom stereocenters. The fraction of sp³-hybridized carbons (Fsp3) is 0.462. The van der Waals surface area contributed by atoms with E-state index in [4.69, 9.17) is 14.2 Å². The lowest BCUT2D eigenvalue weighted by Gasteiger charge is -2.37. The van der Waals surface area contributed by atoms with Crippen LogP contribution >= 0.6 is 11.8 Å². The number of carbonyl (C=O) groups excluding carboxylic acids is 3. The highest BCUT2D eigenvalue weighted by atomic mass is 32.2. The van der Waals surface area contributed by atoms with Crippen LogP contribution in [0.4, 0.5) is 0 Å². The van der Waals surface area contributed by atoms with Crippen LogP contribution in [0.1, 0.15) is 44.7 Å². The minimum absolute atomic E-state index is 0.0765. The Kier molecular flexibility index (Phi) is 8.03. The smallest absolute Gasteiger partial charge is 0.338 e. The van der Waals surface area contributed by atoms with Crippen LogP contribution in [-0.4, -0.2) is 66.7 Å². The molecule has 9 nitrogen and oxygen atoms in total. The molecule has 36 heavy (non-hydrogen) atoms. The van der Waals surface area contributed by atoms with Gasteiger partial charge in [0.25, 0.3) is 0 Å². The number of methoxy groups -OCH3 is 2. The fourth-order valence-electron chi connectivity index (χ4n) is 4.79. The van der Waals surface area contributed by atoms with Gasteiger partial charge in [0.2, 0.25) is 5.91 Å². The number of carbonyl (C=O) groups is 3. The third kappa shape index (κ3) is 5.13. The van der Waals surface area contributed by atoms with Crippen molar-refractivity contribution < 1.29 is 28.6 Å². The molecule has 1 saturated heterocycles. The minimum atomic E-state index is -0.525. The third-order valence-corrected chi connectivity index (χ3v) is 7.43. The van der Waals surface area contributed by atoms with E-state index in [0.29, 0.717) is 48.3 Å². The van der Waals surface area contributed by atoms with Gasteiger partial charge in [-0.15, -0.1) is 0 Å². The summed E-state index contributed by atoms with van der Waals surface area (Å²) >= 11 is 1.42. The monoisotopic (exact) mass is 513 g/mol. The predicted octanol–water partition coefficient (Wildman–Crippen LogP) is 3.63. The Labute approximate surface area is 215 Å². The van der Waals surface area contributed by atoms with Crippen molar-refractivity contribution in [2.24, 2.45) is 10.9 Å². The first-order chi connectivity index (χ1) is 17.4. The molecule has 0 saturated carbocycles. The van der Waals surface area contributed by atoms with E-state index in [1.54, 1.807) is 25.9 Å². The van der Waals surface area contributed by atoms with Crippen LogP contribution in [0.3, 0.4) is 0 Å². The summed E-state index contributed by atoms with van der Waals surface area (Å²) in [6.45, 7) is 4.85. The number of esters is 2. The van der Waals surface area contributed by atoms with E-state index in [1.165, 1.54) is 18.9 Å². The third-order valence-electron chi connectivity index (χ3n) is 6.54. The molecule has 0 bridgehead atoms. The van der Waals surface area contributed by atoms with Crippen LogP contribution in [0, 0.1) is 5.92 Å². The number of amidine groups is 1. The molecular weight excluding hydrogens is 482 g/mol. The SMILES string of the molecule is CCOC(=O)[C@@H]1CCCN(C(=O)CC2=CSC3=NC(C)=C(C(=O)OC)[C@H](c4cccc(OC)c4)N23)C1. The largest absolute Gasteiger partial charge is 0.497 e. The molecule has 0 N–H and O–H groups in total. The summed E-state index contributed by atoms with van der Waals surface area (Å²) in [5.74, 6) is -0.447. The number of benzene rings is 1. The van der Waals surface area contributed by atoms with Gasteiger partial charge in [-0.1, -0.05) is 23.9 Å². The van der Waals surface area contributed by atoms with E-state index in [2.05, 4.69) is 4.99 Å². The van der Waals surface area contributed by atoms with E-state index >= 15 is 0 Å². The first-order valence-electron chi connectivity index (χ1n) is 12.0. The lowest BCUT2D eigenvalue weighted by Crippen LogP contribution is -2.44. The molecule has 0 aromatic heterocycles. The van der Waals surface area contributed by atoms with Crippen LogP contribution < -0.4 is 4.74 Å². The first-order valence-corrected chi connectivity index (χ1v) is 12.9. The Hall–Kier alpha value is -3.27. The summed E-state index contributed by atoms with van der Waals surface area (Å²) in [6.07, 6.45) is 1.59. The maximum Gasteiger partial charge on any atom is 0.338 e. The Morgan fingerprint density at radius 1 is 1.22 bits per heavy atom. The van der Waals surface area contributed by atoms with Crippen molar-refractivity contribution in [3.05, 3.63) is 52.2 Å². The summed E-state index contributed by atoms with van der Waals surface area (Å²) < 4.78 is 15.7. The number of hydrogen-bond acceptors (Lipinski definition) is 9. The van der Waals surface area contributed by atoms with Crippen LogP contribution in [0.15, 0.2) is 51.6 Å². The molecule has 192 valence electrons. The lowest BCUT2D eigenvalue weighted by molar-refractivity contribution is -0.151. The van der Waals surface area contributed by atoms with Crippen molar-refractivity contribution in [2.45, 2.75) is 39.2 Å². The van der Waals surface area contributed by atoms with Gasteiger partial charge in [0.15, 0.2) is 5.17 Å². The molecule has 3 aliphatic heterocycles. The summed E-state index contributed by atoms with van der Waals surface area (Å²) in [5.41, 5.74) is 2.55. The zero-order valence-electron chi connectivity index (χ0n) is 21.0. The number of thioether (sulfide) groups is 1. The van der Waals surface area contributed by atoms with Crippen molar-refractivity contribution >= 4 is 34.8 Å². The van der Waals surface area contributed by atoms with Crippen LogP contribution in [0.2, 0.25) is 0 Å². The maximum atomic E-state index is 13.4. The molecule has 0 aliphatic carbocycles. The number of ether oxygens (including phenoxy) is 3. The summed E-state index contributed by atoms with van der Waals surface area (Å²) in [6, 6.07) is 6.97. The second kappa shape index (κ2) is 11.2. The molecule has 1 amide bonds. The topological polar surface area (TPSA) is 97.7 Å². The zero-order chi connectivity index (χ0) is 25.8. The number of nitrogens with zero attached hydrogens (tertiary/aromatic N) is 3. The van der Waals surface area contributed by atoms with Gasteiger partial charge in [-0.2, -0.15) is 0 Å². The van der Waals surface area contributed by atoms with Crippen LogP contribution in [0.5, 0.6) is 5.75 Å². The number of allylic oxidation sites excluding steroid dienone is 1. The molecule has 3 heterocycles. The number of piperidine rings is 1. The summed E-state index contributed by atoms with van der Waals surface area (Å²) in [5, 5.41) is 2.60. The minimum Gasteiger partial charge on any atom is -0.497 e. The predicted molar refractivity (Wildman–Crippen MR) is 136 cm³/mol. The number of likely N-dealkylation sites (tertiary alicyclic amines) is 1. The van der Waals surface area contributed by atoms with Gasteiger partial charge in [-0.05, 0) is 49.8 Å². The van der Waals surface area contributed by atoms with Gasteiger partial charge in [-0.25, -0.2) is 9.79 Å². The molecular formula is C26H31N3O6S. The average molecular weight is 514 g/mol. The number of amides is 1. The van der Waals surface area contributed by atoms with Crippen molar-refractivity contribution in [2.75, 3.05) is 33.9 Å². The Morgan fingerprint density at radius 3 is 2.75 bits per heavy atom. The normalized spacial score (nSPS) is 21.4. The fourth-order valence-corrected chi connectivity index (χ4v) is 5.75. The summed E-state index contributed by atoms with van der Waals surface area (Å²) in [7, 11) is 2.94. The molecule has 3 aliphatic rings. The molecule has 0 spiro atoms. The number of hydrogen-bond donors (Lipinski definition) is 0. The van der Waals surface area contributed by atoms with E-state index in [9.17, 15) is 14.4 Å². The molecule has 1 aromatic carbocycles. The summed E-state index contributed by atoms with van der Waals surface area (Å²) in [4.78, 5) is 46.8. The van der Waals surface area contributed by atoms with Gasteiger partial charge in [-0.3, -0.25) is 9.59 Å². The highest BCUT2D eigenvalue weighted by Gasteiger charge is 2.41. The standard InChI is InChI=1S/C26H31N3O6S/c1-5-35-24(31)18-9-7-11-28(14-18)21(30)13-19-15-36-26-27-16(2)22(25(32)34-4)23(29(19)26)17-8-6-10-20(12-17)33-3/h6,8,10,12,15,18,23H,5,7,9,11,13-14H2,1-4H3/t18-,23+/m1/s1. The molecule has 10 heteroatoms. The van der Waals surface area contributed by atoms with Crippen molar-refractivity contribution in [1.82, 2.24) is 9.80 Å². The van der Waals surface area contributed by atoms with Crippen molar-refractivity contribution in [1.29, 1.82) is 0 Å². The van der Waals surface area contributed by atoms with Gasteiger partial charge in [0.1, 0.15) is 5.75 Å². The number of aliphatic imine (C=N–C) groups is 1. The molecule has 0 radical (unpaired) electrons. The van der Waals surface area contributed by atoms with Gasteiger partial charge in [0, 0.05) is 18.8 Å². The Bertz CT molecular complexity index is 1140. The van der Waals surface area contributed by atoms with Gasteiger partial charge in [0.05, 0.1) is 50.5 Å². The second-order valence-corrected chi connectivity index (χ2v) is 9.61. The highest BCUT2D eigenvalue weighted by Crippen LogP contribution is 2.45. The van der Waals surface area contributed by atoms with Gasteiger partial charge >= 0.3 is 11.9 Å².